The Morgan fingerprint density at radius 2 is 1.95 bits per heavy atom. The van der Waals surface area contributed by atoms with Crippen LogP contribution in [-0.2, 0) is 9.59 Å². The van der Waals surface area contributed by atoms with Crippen LogP contribution in [0.4, 0.5) is 0 Å². The summed E-state index contributed by atoms with van der Waals surface area (Å²) in [7, 11) is 0. The Labute approximate surface area is 137 Å². The molecule has 6 heteroatoms. The number of ketones is 1. The van der Waals surface area contributed by atoms with Crippen LogP contribution in [0.15, 0.2) is 28.7 Å². The zero-order valence-electron chi connectivity index (χ0n) is 12.3. The van der Waals surface area contributed by atoms with Gasteiger partial charge in [0.2, 0.25) is 5.91 Å². The van der Waals surface area contributed by atoms with E-state index in [0.717, 1.165) is 4.47 Å². The SMILES string of the molecule is C[C@H](CC(=O)c1ccc(Br)cc1)C(=O)N1CCC[C@H]1C(=O)O. The summed E-state index contributed by atoms with van der Waals surface area (Å²) < 4.78 is 0.884. The first-order valence-electron chi connectivity index (χ1n) is 7.22. The molecule has 0 spiro atoms. The lowest BCUT2D eigenvalue weighted by Crippen LogP contribution is -2.43. The molecule has 0 aliphatic carbocycles. The molecule has 2 atom stereocenters. The van der Waals surface area contributed by atoms with Gasteiger partial charge in [-0.15, -0.1) is 0 Å². The van der Waals surface area contributed by atoms with Gasteiger partial charge in [-0.05, 0) is 25.0 Å². The van der Waals surface area contributed by atoms with Crippen molar-refractivity contribution < 1.29 is 19.5 Å². The maximum Gasteiger partial charge on any atom is 0.326 e. The van der Waals surface area contributed by atoms with E-state index in [-0.39, 0.29) is 18.1 Å². The van der Waals surface area contributed by atoms with Gasteiger partial charge < -0.3 is 10.0 Å². The van der Waals surface area contributed by atoms with E-state index in [2.05, 4.69) is 15.9 Å². The lowest BCUT2D eigenvalue weighted by atomic mass is 9.98. The first-order chi connectivity index (χ1) is 10.4. The standard InChI is InChI=1S/C16H18BrNO4/c1-10(9-14(19)11-4-6-12(17)7-5-11)15(20)18-8-2-3-13(18)16(21)22/h4-7,10,13H,2-3,8-9H2,1H3,(H,21,22)/t10-,13+/m1/s1. The third-order valence-corrected chi connectivity index (χ3v) is 4.43. The van der Waals surface area contributed by atoms with E-state index in [4.69, 9.17) is 5.11 Å². The van der Waals surface area contributed by atoms with E-state index in [1.807, 2.05) is 0 Å². The molecule has 1 heterocycles. The quantitative estimate of drug-likeness (QED) is 0.811. The number of benzene rings is 1. The molecule has 1 fully saturated rings. The van der Waals surface area contributed by atoms with Crippen LogP contribution in [-0.4, -0.2) is 40.3 Å². The fraction of sp³-hybridized carbons (Fsp3) is 0.438. The van der Waals surface area contributed by atoms with Crippen molar-refractivity contribution in [2.75, 3.05) is 6.54 Å². The summed E-state index contributed by atoms with van der Waals surface area (Å²) in [4.78, 5) is 37.1. The number of Topliss-reactive ketones (excluding diaryl/α,β-unsaturated/α-hetero) is 1. The second-order valence-electron chi connectivity index (χ2n) is 5.56. The Morgan fingerprint density at radius 3 is 2.55 bits per heavy atom. The lowest BCUT2D eigenvalue weighted by molar-refractivity contribution is -0.149. The van der Waals surface area contributed by atoms with Crippen molar-refractivity contribution in [2.24, 2.45) is 5.92 Å². The molecule has 1 N–H and O–H groups in total. The molecule has 1 aromatic rings. The lowest BCUT2D eigenvalue weighted by Gasteiger charge is -2.24. The minimum atomic E-state index is -0.975. The van der Waals surface area contributed by atoms with Crippen LogP contribution in [0.25, 0.3) is 0 Å². The molecule has 0 unspecified atom stereocenters. The van der Waals surface area contributed by atoms with Gasteiger partial charge in [0, 0.05) is 28.9 Å². The Kier molecular flexibility index (Phi) is 5.34. The zero-order chi connectivity index (χ0) is 16.3. The van der Waals surface area contributed by atoms with Crippen LogP contribution in [0, 0.1) is 5.92 Å². The predicted molar refractivity (Wildman–Crippen MR) is 84.6 cm³/mol. The third-order valence-electron chi connectivity index (χ3n) is 3.90. The molecule has 0 bridgehead atoms. The fourth-order valence-electron chi connectivity index (χ4n) is 2.69. The van der Waals surface area contributed by atoms with Crippen molar-refractivity contribution in [2.45, 2.75) is 32.2 Å². The maximum absolute atomic E-state index is 12.4. The topological polar surface area (TPSA) is 74.7 Å². The Balaban J connectivity index is 2.00. The van der Waals surface area contributed by atoms with Gasteiger partial charge in [-0.25, -0.2) is 4.79 Å². The Bertz CT molecular complexity index is 584. The summed E-state index contributed by atoms with van der Waals surface area (Å²) in [6.07, 6.45) is 1.26. The van der Waals surface area contributed by atoms with Gasteiger partial charge in [0.25, 0.3) is 0 Å². The fourth-order valence-corrected chi connectivity index (χ4v) is 2.95. The number of amides is 1. The molecule has 1 aliphatic rings. The number of likely N-dealkylation sites (tertiary alicyclic amines) is 1. The van der Waals surface area contributed by atoms with E-state index in [1.165, 1.54) is 4.90 Å². The molecule has 5 nitrogen and oxygen atoms in total. The first-order valence-corrected chi connectivity index (χ1v) is 8.01. The maximum atomic E-state index is 12.4. The Hall–Kier alpha value is -1.69. The average molecular weight is 368 g/mol. The second-order valence-corrected chi connectivity index (χ2v) is 6.48. The number of carbonyl (C=O) groups is 3. The second kappa shape index (κ2) is 7.05. The van der Waals surface area contributed by atoms with E-state index >= 15 is 0 Å². The highest BCUT2D eigenvalue weighted by Gasteiger charge is 2.36. The van der Waals surface area contributed by atoms with Crippen molar-refractivity contribution in [1.82, 2.24) is 4.90 Å². The average Bonchev–Trinajstić information content (AvgIpc) is 2.96. The van der Waals surface area contributed by atoms with Gasteiger partial charge in [0.15, 0.2) is 5.78 Å². The van der Waals surface area contributed by atoms with Gasteiger partial charge in [0.1, 0.15) is 6.04 Å². The number of carboxylic acid groups (broad SMARTS) is 1. The number of carboxylic acids is 1. The van der Waals surface area contributed by atoms with Crippen LogP contribution in [0.5, 0.6) is 0 Å². The van der Waals surface area contributed by atoms with Crippen LogP contribution < -0.4 is 0 Å². The smallest absolute Gasteiger partial charge is 0.326 e. The molecule has 0 saturated carbocycles. The number of halogens is 1. The van der Waals surface area contributed by atoms with Gasteiger partial charge in [-0.1, -0.05) is 35.0 Å². The molecule has 118 valence electrons. The predicted octanol–water partition coefficient (Wildman–Crippen LogP) is 2.73. The molecule has 1 aliphatic heterocycles. The first kappa shape index (κ1) is 16.7. The van der Waals surface area contributed by atoms with E-state index in [0.29, 0.717) is 24.9 Å². The highest BCUT2D eigenvalue weighted by Crippen LogP contribution is 2.22. The summed E-state index contributed by atoms with van der Waals surface area (Å²) in [6.45, 7) is 2.13. The van der Waals surface area contributed by atoms with Crippen molar-refractivity contribution in [1.29, 1.82) is 0 Å². The number of aliphatic carboxylic acids is 1. The zero-order valence-corrected chi connectivity index (χ0v) is 13.9. The molecule has 0 radical (unpaired) electrons. The summed E-state index contributed by atoms with van der Waals surface area (Å²) in [5.74, 6) is -1.86. The van der Waals surface area contributed by atoms with E-state index in [1.54, 1.807) is 31.2 Å². The van der Waals surface area contributed by atoms with E-state index < -0.39 is 17.9 Å². The number of hydrogen-bond donors (Lipinski definition) is 1. The highest BCUT2D eigenvalue weighted by atomic mass is 79.9. The number of nitrogens with zero attached hydrogens (tertiary/aromatic N) is 1. The van der Waals surface area contributed by atoms with Gasteiger partial charge in [-0.3, -0.25) is 9.59 Å². The van der Waals surface area contributed by atoms with Gasteiger partial charge in [-0.2, -0.15) is 0 Å². The summed E-state index contributed by atoms with van der Waals surface area (Å²) >= 11 is 3.31. The van der Waals surface area contributed by atoms with Crippen molar-refractivity contribution in [3.63, 3.8) is 0 Å². The molecule has 1 aromatic carbocycles. The van der Waals surface area contributed by atoms with Crippen LogP contribution in [0.3, 0.4) is 0 Å². The molecule has 2 rings (SSSR count). The van der Waals surface area contributed by atoms with Gasteiger partial charge >= 0.3 is 5.97 Å². The molecule has 1 amide bonds. The minimum Gasteiger partial charge on any atom is -0.480 e. The molecule has 0 aromatic heterocycles. The summed E-state index contributed by atoms with van der Waals surface area (Å²) in [5, 5.41) is 9.13. The third kappa shape index (κ3) is 3.74. The summed E-state index contributed by atoms with van der Waals surface area (Å²) in [5.41, 5.74) is 0.555. The van der Waals surface area contributed by atoms with Crippen LogP contribution >= 0.6 is 15.9 Å². The van der Waals surface area contributed by atoms with Crippen molar-refractivity contribution in [3.8, 4) is 0 Å². The molecule has 1 saturated heterocycles. The van der Waals surface area contributed by atoms with Crippen LogP contribution in [0.1, 0.15) is 36.5 Å². The monoisotopic (exact) mass is 367 g/mol. The molecular weight excluding hydrogens is 350 g/mol. The Morgan fingerprint density at radius 1 is 1.32 bits per heavy atom. The van der Waals surface area contributed by atoms with Crippen molar-refractivity contribution in [3.05, 3.63) is 34.3 Å². The largest absolute Gasteiger partial charge is 0.480 e. The number of hydrogen-bond acceptors (Lipinski definition) is 3. The summed E-state index contributed by atoms with van der Waals surface area (Å²) in [6, 6.07) is 6.22. The van der Waals surface area contributed by atoms with Gasteiger partial charge in [0.05, 0.1) is 0 Å². The number of rotatable bonds is 5. The highest BCUT2D eigenvalue weighted by molar-refractivity contribution is 9.10. The number of carbonyl (C=O) groups excluding carboxylic acids is 2. The normalized spacial score (nSPS) is 19.0. The molecular formula is C16H18BrNO4. The van der Waals surface area contributed by atoms with Crippen LogP contribution in [0.2, 0.25) is 0 Å². The van der Waals surface area contributed by atoms with E-state index in [9.17, 15) is 14.4 Å². The molecule has 22 heavy (non-hydrogen) atoms. The minimum absolute atomic E-state index is 0.0866. The van der Waals surface area contributed by atoms with Crippen molar-refractivity contribution >= 4 is 33.6 Å².